The molecular formula is C19H24N4O2. The number of amides is 1. The molecular weight excluding hydrogens is 316 g/mol. The highest BCUT2D eigenvalue weighted by atomic mass is 16.3. The van der Waals surface area contributed by atoms with E-state index in [-0.39, 0.29) is 11.8 Å². The number of carbonyl (C=O) groups excluding carboxylic acids is 1. The van der Waals surface area contributed by atoms with E-state index in [0.29, 0.717) is 12.5 Å². The largest absolute Gasteiger partial charge is 0.465 e. The maximum atomic E-state index is 12.3. The van der Waals surface area contributed by atoms with Crippen molar-refractivity contribution in [3.05, 3.63) is 41.5 Å². The molecule has 0 saturated carbocycles. The van der Waals surface area contributed by atoms with Crippen LogP contribution >= 0.6 is 0 Å². The zero-order valence-corrected chi connectivity index (χ0v) is 14.7. The quantitative estimate of drug-likeness (QED) is 0.931. The fourth-order valence-corrected chi connectivity index (χ4v) is 3.86. The fraction of sp³-hybridized carbons (Fsp3) is 0.474. The summed E-state index contributed by atoms with van der Waals surface area (Å²) in [5.41, 5.74) is 2.23. The van der Waals surface area contributed by atoms with Crippen LogP contribution in [0.4, 0.5) is 5.82 Å². The second-order valence-electron chi connectivity index (χ2n) is 7.14. The second-order valence-corrected chi connectivity index (χ2v) is 7.14. The van der Waals surface area contributed by atoms with Gasteiger partial charge < -0.3 is 14.6 Å². The standard InChI is InChI=1S/C19H24N4O2/c1-13(10-15-4-3-9-25-15)16-11-18(24)21-19-17(16)12-20-23(19)14-5-7-22(2)8-6-14/h3-4,9-10,12,14,16H,5-8,11H2,1-2H3,(H,21,24)/b13-10+/t16-/m1/s1. The number of carbonyl (C=O) groups is 1. The molecule has 1 N–H and O–H groups in total. The van der Waals surface area contributed by atoms with Gasteiger partial charge in [0.25, 0.3) is 0 Å². The highest BCUT2D eigenvalue weighted by Gasteiger charge is 2.32. The summed E-state index contributed by atoms with van der Waals surface area (Å²) in [7, 11) is 2.15. The van der Waals surface area contributed by atoms with E-state index in [1.165, 1.54) is 0 Å². The van der Waals surface area contributed by atoms with E-state index in [4.69, 9.17) is 4.42 Å². The molecule has 2 aromatic rings. The van der Waals surface area contributed by atoms with Crippen LogP contribution in [0.15, 0.2) is 34.6 Å². The van der Waals surface area contributed by atoms with Crippen molar-refractivity contribution in [3.63, 3.8) is 0 Å². The van der Waals surface area contributed by atoms with Crippen molar-refractivity contribution in [1.29, 1.82) is 0 Å². The summed E-state index contributed by atoms with van der Waals surface area (Å²) in [6.45, 7) is 4.19. The Hall–Kier alpha value is -2.34. The second kappa shape index (κ2) is 6.52. The number of hydrogen-bond acceptors (Lipinski definition) is 4. The van der Waals surface area contributed by atoms with E-state index in [0.717, 1.165) is 48.6 Å². The molecule has 6 nitrogen and oxygen atoms in total. The molecule has 6 heteroatoms. The van der Waals surface area contributed by atoms with E-state index in [1.54, 1.807) is 6.26 Å². The van der Waals surface area contributed by atoms with Crippen LogP contribution in [0.25, 0.3) is 6.08 Å². The number of anilines is 1. The lowest BCUT2D eigenvalue weighted by Gasteiger charge is -2.31. The van der Waals surface area contributed by atoms with Crippen LogP contribution in [0.2, 0.25) is 0 Å². The summed E-state index contributed by atoms with van der Waals surface area (Å²) in [5, 5.41) is 7.70. The summed E-state index contributed by atoms with van der Waals surface area (Å²) in [6.07, 6.45) is 8.18. The first-order valence-electron chi connectivity index (χ1n) is 8.89. The normalized spacial score (nSPS) is 22.7. The molecule has 2 aliphatic rings. The molecule has 0 spiro atoms. The van der Waals surface area contributed by atoms with Gasteiger partial charge in [-0.1, -0.05) is 5.57 Å². The third-order valence-electron chi connectivity index (χ3n) is 5.34. The minimum atomic E-state index is 0.0499. The fourth-order valence-electron chi connectivity index (χ4n) is 3.86. The summed E-state index contributed by atoms with van der Waals surface area (Å²) in [6, 6.07) is 4.15. The number of hydrogen-bond donors (Lipinski definition) is 1. The van der Waals surface area contributed by atoms with Crippen molar-refractivity contribution in [2.75, 3.05) is 25.5 Å². The molecule has 1 fully saturated rings. The van der Waals surface area contributed by atoms with Crippen molar-refractivity contribution in [2.45, 2.75) is 38.1 Å². The maximum Gasteiger partial charge on any atom is 0.226 e. The third kappa shape index (κ3) is 3.14. The number of nitrogens with zero attached hydrogens (tertiary/aromatic N) is 3. The number of rotatable bonds is 3. The molecule has 132 valence electrons. The number of piperidine rings is 1. The molecule has 0 aliphatic carbocycles. The molecule has 0 bridgehead atoms. The van der Waals surface area contributed by atoms with Crippen LogP contribution in [0, 0.1) is 0 Å². The van der Waals surface area contributed by atoms with Crippen LogP contribution in [-0.4, -0.2) is 40.7 Å². The molecule has 2 aromatic heterocycles. The number of likely N-dealkylation sites (tertiary alicyclic amines) is 1. The van der Waals surface area contributed by atoms with Gasteiger partial charge in [0.15, 0.2) is 0 Å². The Bertz CT molecular complexity index is 782. The lowest BCUT2D eigenvalue weighted by atomic mass is 9.87. The van der Waals surface area contributed by atoms with E-state index in [9.17, 15) is 4.79 Å². The minimum Gasteiger partial charge on any atom is -0.465 e. The summed E-state index contributed by atoms with van der Waals surface area (Å²) in [5.74, 6) is 1.80. The number of nitrogens with one attached hydrogen (secondary N) is 1. The van der Waals surface area contributed by atoms with E-state index in [1.807, 2.05) is 29.1 Å². The lowest BCUT2D eigenvalue weighted by molar-refractivity contribution is -0.116. The molecule has 1 atom stereocenters. The summed E-state index contributed by atoms with van der Waals surface area (Å²) < 4.78 is 7.45. The zero-order chi connectivity index (χ0) is 17.4. The smallest absolute Gasteiger partial charge is 0.226 e. The Labute approximate surface area is 147 Å². The Morgan fingerprint density at radius 3 is 2.92 bits per heavy atom. The number of aromatic nitrogens is 2. The van der Waals surface area contributed by atoms with Crippen LogP contribution in [0.1, 0.15) is 49.5 Å². The first-order valence-corrected chi connectivity index (χ1v) is 8.89. The van der Waals surface area contributed by atoms with Crippen molar-refractivity contribution in [1.82, 2.24) is 14.7 Å². The molecule has 0 aromatic carbocycles. The van der Waals surface area contributed by atoms with Gasteiger partial charge in [0, 0.05) is 17.9 Å². The predicted molar refractivity (Wildman–Crippen MR) is 96.3 cm³/mol. The van der Waals surface area contributed by atoms with Crippen molar-refractivity contribution in [2.24, 2.45) is 0 Å². The molecule has 4 heterocycles. The first-order chi connectivity index (χ1) is 12.1. The van der Waals surface area contributed by atoms with Gasteiger partial charge in [-0.05, 0) is 58.1 Å². The number of allylic oxidation sites excluding steroid dienone is 1. The van der Waals surface area contributed by atoms with Gasteiger partial charge in [-0.3, -0.25) is 4.79 Å². The van der Waals surface area contributed by atoms with Crippen LogP contribution < -0.4 is 5.32 Å². The Balaban J connectivity index is 1.64. The number of furan rings is 1. The Morgan fingerprint density at radius 1 is 1.40 bits per heavy atom. The SMILES string of the molecule is C/C(=C\c1ccco1)[C@H]1CC(=O)Nc2c1cnn2C1CCN(C)CC1. The lowest BCUT2D eigenvalue weighted by Crippen LogP contribution is -2.33. The Morgan fingerprint density at radius 2 is 2.20 bits per heavy atom. The van der Waals surface area contributed by atoms with Gasteiger partial charge in [-0.15, -0.1) is 0 Å². The van der Waals surface area contributed by atoms with Crippen molar-refractivity contribution >= 4 is 17.8 Å². The van der Waals surface area contributed by atoms with E-state index in [2.05, 4.69) is 29.3 Å². The van der Waals surface area contributed by atoms with Crippen molar-refractivity contribution in [3.8, 4) is 0 Å². The predicted octanol–water partition coefficient (Wildman–Crippen LogP) is 3.27. The molecule has 0 unspecified atom stereocenters. The summed E-state index contributed by atoms with van der Waals surface area (Å²) in [4.78, 5) is 14.7. The van der Waals surface area contributed by atoms with Gasteiger partial charge in [-0.2, -0.15) is 5.10 Å². The van der Waals surface area contributed by atoms with Gasteiger partial charge in [-0.25, -0.2) is 4.68 Å². The summed E-state index contributed by atoms with van der Waals surface area (Å²) >= 11 is 0. The van der Waals surface area contributed by atoms with Gasteiger partial charge in [0.1, 0.15) is 11.6 Å². The molecule has 4 rings (SSSR count). The zero-order valence-electron chi connectivity index (χ0n) is 14.7. The highest BCUT2D eigenvalue weighted by molar-refractivity contribution is 5.94. The molecule has 1 amide bonds. The average molecular weight is 340 g/mol. The van der Waals surface area contributed by atoms with Crippen molar-refractivity contribution < 1.29 is 9.21 Å². The molecule has 0 radical (unpaired) electrons. The van der Waals surface area contributed by atoms with E-state index >= 15 is 0 Å². The maximum absolute atomic E-state index is 12.3. The monoisotopic (exact) mass is 340 g/mol. The molecule has 25 heavy (non-hydrogen) atoms. The van der Waals surface area contributed by atoms with Gasteiger partial charge in [0.05, 0.1) is 18.5 Å². The molecule has 1 saturated heterocycles. The number of fused-ring (bicyclic) bond motifs is 1. The van der Waals surface area contributed by atoms with Crippen LogP contribution in [0.5, 0.6) is 0 Å². The van der Waals surface area contributed by atoms with E-state index < -0.39 is 0 Å². The topological polar surface area (TPSA) is 63.3 Å². The van der Waals surface area contributed by atoms with Crippen LogP contribution in [0.3, 0.4) is 0 Å². The third-order valence-corrected chi connectivity index (χ3v) is 5.34. The minimum absolute atomic E-state index is 0.0499. The highest BCUT2D eigenvalue weighted by Crippen LogP contribution is 2.39. The van der Waals surface area contributed by atoms with Crippen LogP contribution in [-0.2, 0) is 4.79 Å². The average Bonchev–Trinajstić information content (AvgIpc) is 3.24. The molecule has 2 aliphatic heterocycles. The first kappa shape index (κ1) is 16.1. The van der Waals surface area contributed by atoms with Gasteiger partial charge >= 0.3 is 0 Å². The Kier molecular flexibility index (Phi) is 4.21. The van der Waals surface area contributed by atoms with Gasteiger partial charge in [0.2, 0.25) is 5.91 Å².